The van der Waals surface area contributed by atoms with Gasteiger partial charge in [-0.15, -0.1) is 0 Å². The van der Waals surface area contributed by atoms with Crippen LogP contribution in [0.4, 0.5) is 0 Å². The molecule has 1 saturated carbocycles. The highest BCUT2D eigenvalue weighted by molar-refractivity contribution is 8.00. The third-order valence-electron chi connectivity index (χ3n) is 4.20. The highest BCUT2D eigenvalue weighted by Crippen LogP contribution is 2.28. The zero-order valence-corrected chi connectivity index (χ0v) is 11.6. The molecule has 16 heavy (non-hydrogen) atoms. The van der Waals surface area contributed by atoms with E-state index in [1.165, 1.54) is 51.1 Å². The molecule has 3 atom stereocenters. The van der Waals surface area contributed by atoms with Crippen LogP contribution < -0.4 is 5.32 Å². The number of rotatable bonds is 4. The fraction of sp³-hybridized carbons (Fsp3) is 1.00. The minimum atomic E-state index is 0.787. The van der Waals surface area contributed by atoms with Crippen molar-refractivity contribution in [2.75, 3.05) is 32.4 Å². The summed E-state index contributed by atoms with van der Waals surface area (Å²) in [6.07, 6.45) is 5.59. The Kier molecular flexibility index (Phi) is 4.98. The summed E-state index contributed by atoms with van der Waals surface area (Å²) in [4.78, 5) is 2.71. The van der Waals surface area contributed by atoms with Gasteiger partial charge in [-0.2, -0.15) is 11.8 Å². The number of thioether (sulfide) groups is 1. The van der Waals surface area contributed by atoms with E-state index >= 15 is 0 Å². The quantitative estimate of drug-likeness (QED) is 0.814. The Morgan fingerprint density at radius 3 is 3.00 bits per heavy atom. The van der Waals surface area contributed by atoms with E-state index in [0.29, 0.717) is 0 Å². The van der Waals surface area contributed by atoms with Gasteiger partial charge in [-0.05, 0) is 32.2 Å². The van der Waals surface area contributed by atoms with Crippen molar-refractivity contribution in [1.82, 2.24) is 10.2 Å². The molecular formula is C13H26N2S. The molecule has 0 aromatic heterocycles. The molecule has 2 rings (SSSR count). The van der Waals surface area contributed by atoms with E-state index in [4.69, 9.17) is 0 Å². The molecular weight excluding hydrogens is 216 g/mol. The van der Waals surface area contributed by atoms with Gasteiger partial charge in [0.15, 0.2) is 0 Å². The van der Waals surface area contributed by atoms with E-state index in [2.05, 4.69) is 35.9 Å². The third-order valence-corrected chi connectivity index (χ3v) is 5.57. The maximum atomic E-state index is 3.50. The maximum Gasteiger partial charge on any atom is 0.0172 e. The Balaban J connectivity index is 1.79. The van der Waals surface area contributed by atoms with E-state index < -0.39 is 0 Å². The molecule has 3 heteroatoms. The van der Waals surface area contributed by atoms with Crippen molar-refractivity contribution in [3.05, 3.63) is 0 Å². The van der Waals surface area contributed by atoms with E-state index in [1.54, 1.807) is 0 Å². The van der Waals surface area contributed by atoms with Crippen molar-refractivity contribution in [1.29, 1.82) is 0 Å². The van der Waals surface area contributed by atoms with E-state index in [1.807, 2.05) is 0 Å². The Morgan fingerprint density at radius 2 is 2.25 bits per heavy atom. The third kappa shape index (κ3) is 3.14. The Morgan fingerprint density at radius 1 is 1.38 bits per heavy atom. The summed E-state index contributed by atoms with van der Waals surface area (Å²) in [5.41, 5.74) is 0. The van der Waals surface area contributed by atoms with Crippen molar-refractivity contribution >= 4 is 11.8 Å². The van der Waals surface area contributed by atoms with E-state index in [-0.39, 0.29) is 0 Å². The maximum absolute atomic E-state index is 3.50. The first-order valence-corrected chi connectivity index (χ1v) is 7.89. The lowest BCUT2D eigenvalue weighted by molar-refractivity contribution is 0.221. The highest BCUT2D eigenvalue weighted by Gasteiger charge is 2.29. The zero-order valence-electron chi connectivity index (χ0n) is 10.7. The number of hydrogen-bond donors (Lipinski definition) is 1. The summed E-state index contributed by atoms with van der Waals surface area (Å²) in [5.74, 6) is 2.25. The molecule has 0 amide bonds. The van der Waals surface area contributed by atoms with Gasteiger partial charge in [0, 0.05) is 36.7 Å². The Labute approximate surface area is 105 Å². The fourth-order valence-corrected chi connectivity index (χ4v) is 4.41. The molecule has 2 nitrogen and oxygen atoms in total. The molecule has 1 aliphatic heterocycles. The number of nitrogens with one attached hydrogen (secondary N) is 1. The van der Waals surface area contributed by atoms with Gasteiger partial charge in [-0.25, -0.2) is 0 Å². The van der Waals surface area contributed by atoms with Gasteiger partial charge in [0.2, 0.25) is 0 Å². The first-order chi connectivity index (χ1) is 7.83. The lowest BCUT2D eigenvalue weighted by atomic mass is 10.0. The van der Waals surface area contributed by atoms with Crippen LogP contribution in [0.3, 0.4) is 0 Å². The first-order valence-electron chi connectivity index (χ1n) is 6.84. The Hall–Kier alpha value is 0.270. The largest absolute Gasteiger partial charge is 0.317 e. The molecule has 0 aromatic rings. The van der Waals surface area contributed by atoms with Crippen molar-refractivity contribution < 1.29 is 0 Å². The molecule has 1 saturated heterocycles. The smallest absolute Gasteiger partial charge is 0.0172 e. The number of nitrogens with zero attached hydrogens (tertiary/aromatic N) is 1. The molecule has 2 aliphatic rings. The first kappa shape index (κ1) is 12.7. The van der Waals surface area contributed by atoms with Crippen molar-refractivity contribution in [3.8, 4) is 0 Å². The molecule has 1 heterocycles. The molecule has 2 fully saturated rings. The summed E-state index contributed by atoms with van der Waals surface area (Å²) in [6.45, 7) is 6.30. The van der Waals surface area contributed by atoms with Crippen molar-refractivity contribution in [2.24, 2.45) is 5.92 Å². The van der Waals surface area contributed by atoms with Crippen LogP contribution in [0.1, 0.15) is 32.6 Å². The Bertz CT molecular complexity index is 210. The monoisotopic (exact) mass is 242 g/mol. The van der Waals surface area contributed by atoms with E-state index in [9.17, 15) is 0 Å². The highest BCUT2D eigenvalue weighted by atomic mass is 32.2. The second-order valence-corrected chi connectivity index (χ2v) is 6.66. The van der Waals surface area contributed by atoms with E-state index in [0.717, 1.165) is 17.2 Å². The van der Waals surface area contributed by atoms with Crippen LogP contribution in [0.5, 0.6) is 0 Å². The molecule has 1 N–H and O–H groups in total. The van der Waals surface area contributed by atoms with Gasteiger partial charge in [0.05, 0.1) is 0 Å². The normalized spacial score (nSPS) is 36.8. The van der Waals surface area contributed by atoms with Crippen LogP contribution >= 0.6 is 11.8 Å². The van der Waals surface area contributed by atoms with Crippen LogP contribution in [-0.4, -0.2) is 48.6 Å². The summed E-state index contributed by atoms with van der Waals surface area (Å²) >= 11 is 2.17. The summed E-state index contributed by atoms with van der Waals surface area (Å²) in [7, 11) is 2.13. The minimum absolute atomic E-state index is 0.787. The van der Waals surface area contributed by atoms with Crippen LogP contribution in [0.25, 0.3) is 0 Å². The molecule has 0 spiro atoms. The van der Waals surface area contributed by atoms with Crippen LogP contribution in [-0.2, 0) is 0 Å². The van der Waals surface area contributed by atoms with Gasteiger partial charge in [0.1, 0.15) is 0 Å². The second kappa shape index (κ2) is 6.27. The summed E-state index contributed by atoms with van der Waals surface area (Å²) in [5, 5.41) is 4.39. The molecule has 0 radical (unpaired) electrons. The lowest BCUT2D eigenvalue weighted by Crippen LogP contribution is -2.43. The van der Waals surface area contributed by atoms with Crippen molar-refractivity contribution in [3.63, 3.8) is 0 Å². The molecule has 3 unspecified atom stereocenters. The predicted octanol–water partition coefficient (Wildman–Crippen LogP) is 2.20. The zero-order chi connectivity index (χ0) is 11.4. The molecule has 0 aromatic carbocycles. The van der Waals surface area contributed by atoms with Gasteiger partial charge in [-0.3, -0.25) is 0 Å². The summed E-state index contributed by atoms with van der Waals surface area (Å²) < 4.78 is 0. The van der Waals surface area contributed by atoms with Gasteiger partial charge < -0.3 is 10.2 Å². The topological polar surface area (TPSA) is 15.3 Å². The van der Waals surface area contributed by atoms with Gasteiger partial charge in [0.25, 0.3) is 0 Å². The average molecular weight is 242 g/mol. The predicted molar refractivity (Wildman–Crippen MR) is 73.2 cm³/mol. The standard InChI is InChI=1S/C13H26N2S/c1-3-12-10-15(7-8-16-12)9-11-5-4-6-13(11)14-2/h11-14H,3-10H2,1-2H3. The molecule has 94 valence electrons. The van der Waals surface area contributed by atoms with Crippen LogP contribution in [0.2, 0.25) is 0 Å². The average Bonchev–Trinajstić information content (AvgIpc) is 2.76. The van der Waals surface area contributed by atoms with Gasteiger partial charge >= 0.3 is 0 Å². The number of hydrogen-bond acceptors (Lipinski definition) is 3. The fourth-order valence-electron chi connectivity index (χ4n) is 3.16. The van der Waals surface area contributed by atoms with Crippen LogP contribution in [0, 0.1) is 5.92 Å². The van der Waals surface area contributed by atoms with Crippen molar-refractivity contribution in [2.45, 2.75) is 43.9 Å². The SMILES string of the molecule is CCC1CN(CC2CCCC2NC)CCS1. The molecule has 0 bridgehead atoms. The second-order valence-electron chi connectivity index (χ2n) is 5.25. The lowest BCUT2D eigenvalue weighted by Gasteiger charge is -2.34. The van der Waals surface area contributed by atoms with Crippen LogP contribution in [0.15, 0.2) is 0 Å². The summed E-state index contributed by atoms with van der Waals surface area (Å²) in [6, 6.07) is 0.787. The molecule has 1 aliphatic carbocycles. The van der Waals surface area contributed by atoms with Gasteiger partial charge in [-0.1, -0.05) is 13.3 Å². The minimum Gasteiger partial charge on any atom is -0.317 e.